The largest absolute Gasteiger partial charge is 0.410 e. The molecule has 0 saturated heterocycles. The van der Waals surface area contributed by atoms with E-state index in [0.29, 0.717) is 25.7 Å². The van der Waals surface area contributed by atoms with Gasteiger partial charge in [0.25, 0.3) is 0 Å². The van der Waals surface area contributed by atoms with Gasteiger partial charge in [0.15, 0.2) is 14.1 Å². The number of carbonyl (C=O) groups is 1. The zero-order valence-corrected chi connectivity index (χ0v) is 30.8. The molecule has 1 atom stereocenters. The van der Waals surface area contributed by atoms with E-state index >= 15 is 0 Å². The van der Waals surface area contributed by atoms with E-state index in [-0.39, 0.29) is 11.1 Å². The van der Waals surface area contributed by atoms with Crippen molar-refractivity contribution in [1.82, 2.24) is 9.88 Å². The highest BCUT2D eigenvalue weighted by atomic mass is 32.2. The number of rotatable bonds is 13. The minimum absolute atomic E-state index is 0.0599. The van der Waals surface area contributed by atoms with Gasteiger partial charge in [-0.05, 0) is 92.3 Å². The molecule has 1 aromatic heterocycles. The summed E-state index contributed by atoms with van der Waals surface area (Å²) in [6, 6.07) is 26.8. The maximum atomic E-state index is 13.0. The Morgan fingerprint density at radius 2 is 1.54 bits per heavy atom. The Morgan fingerprint density at radius 3 is 2.10 bits per heavy atom. The molecule has 7 nitrogen and oxygen atoms in total. The predicted octanol–water partition coefficient (Wildman–Crippen LogP) is 9.04. The van der Waals surface area contributed by atoms with Gasteiger partial charge in [0.05, 0.1) is 28.0 Å². The van der Waals surface area contributed by atoms with Crippen molar-refractivity contribution in [2.75, 3.05) is 0 Å². The third-order valence-corrected chi connectivity index (χ3v) is 16.9. The number of hydrogen-bond acceptors (Lipinski definition) is 6. The molecule has 1 heterocycles. The first-order valence-electron chi connectivity index (χ1n) is 17.2. The normalized spacial score (nSPS) is 16.8. The van der Waals surface area contributed by atoms with Crippen LogP contribution in [0.3, 0.4) is 0 Å². The summed E-state index contributed by atoms with van der Waals surface area (Å²) in [4.78, 5) is 13.0. The van der Waals surface area contributed by atoms with Crippen molar-refractivity contribution in [2.24, 2.45) is 0 Å². The Morgan fingerprint density at radius 1 is 0.958 bits per heavy atom. The Balaban J connectivity index is 1.21. The molecule has 1 N–H and O–H groups in total. The molecule has 0 radical (unpaired) electrons. The van der Waals surface area contributed by atoms with Crippen molar-refractivity contribution >= 4 is 24.2 Å². The average Bonchev–Trinajstić information content (AvgIpc) is 3.98. The highest BCUT2D eigenvalue weighted by molar-refractivity contribution is 7.91. The summed E-state index contributed by atoms with van der Waals surface area (Å²) in [5.41, 5.74) is 6.31. The van der Waals surface area contributed by atoms with Crippen molar-refractivity contribution in [2.45, 2.75) is 108 Å². The topological polar surface area (TPSA) is 98.5 Å². The van der Waals surface area contributed by atoms with Crippen LogP contribution < -0.4 is 4.72 Å². The molecular formula is C39H48N2O5SSi. The third-order valence-electron chi connectivity index (χ3n) is 10.5. The molecule has 9 heteroatoms. The molecule has 0 bridgehead atoms. The summed E-state index contributed by atoms with van der Waals surface area (Å²) < 4.78 is 40.2. The molecule has 2 aliphatic rings. The lowest BCUT2D eigenvalue weighted by Gasteiger charge is -2.39. The van der Waals surface area contributed by atoms with Gasteiger partial charge in [-0.15, -0.1) is 0 Å². The van der Waals surface area contributed by atoms with Crippen LogP contribution in [0.5, 0.6) is 0 Å². The Bertz CT molecular complexity index is 1850. The van der Waals surface area contributed by atoms with Crippen LogP contribution in [0.15, 0.2) is 83.4 Å². The van der Waals surface area contributed by atoms with Crippen LogP contribution in [0.2, 0.25) is 18.1 Å². The molecule has 6 rings (SSSR count). The summed E-state index contributed by atoms with van der Waals surface area (Å²) >= 11 is 0. The number of aromatic nitrogens is 1. The molecule has 0 aliphatic heterocycles. The number of nitrogens with one attached hydrogen (secondary N) is 1. The van der Waals surface area contributed by atoms with Crippen molar-refractivity contribution in [3.63, 3.8) is 0 Å². The SMILES string of the molecule is Cc1noc(-c2ccc(-c3ccc(C4(C(=O)NS(=O)(=O)C5CC5)CC4)cc3)cc2)c1C(CCCc1ccccc1)O[Si](C)(C)C(C)(C)C. The Hall–Kier alpha value is -3.53. The van der Waals surface area contributed by atoms with Crippen LogP contribution in [-0.2, 0) is 31.1 Å². The van der Waals surface area contributed by atoms with E-state index in [4.69, 9.17) is 8.95 Å². The van der Waals surface area contributed by atoms with E-state index in [0.717, 1.165) is 58.5 Å². The molecule has 2 aliphatic carbocycles. The van der Waals surface area contributed by atoms with E-state index < -0.39 is 34.9 Å². The first-order valence-corrected chi connectivity index (χ1v) is 21.6. The van der Waals surface area contributed by atoms with Gasteiger partial charge in [0.2, 0.25) is 15.9 Å². The monoisotopic (exact) mass is 684 g/mol. The number of sulfonamides is 1. The second-order valence-electron chi connectivity index (χ2n) is 15.2. The molecule has 254 valence electrons. The maximum Gasteiger partial charge on any atom is 0.244 e. The standard InChI is InChI=1S/C39H48N2O5SSi/c1-27-35(34(46-48(5,6)38(2,3)4)14-10-13-28-11-8-7-9-12-28)36(45-40-27)31-17-15-29(16-18-31)30-19-21-32(22-20-30)39(25-26-39)37(42)41-47(43,44)33-23-24-33/h7-9,11-12,15-22,33-34H,10,13-14,23-26H2,1-6H3,(H,41,42). The second kappa shape index (κ2) is 13.1. The zero-order chi connectivity index (χ0) is 34.3. The fraction of sp³-hybridized carbons (Fsp3) is 0.436. The van der Waals surface area contributed by atoms with Crippen LogP contribution in [0.1, 0.15) is 87.8 Å². The van der Waals surface area contributed by atoms with Crippen LogP contribution in [0.4, 0.5) is 0 Å². The summed E-state index contributed by atoms with van der Waals surface area (Å²) in [5, 5.41) is 4.07. The molecule has 2 fully saturated rings. The smallest absolute Gasteiger partial charge is 0.244 e. The summed E-state index contributed by atoms with van der Waals surface area (Å²) in [6.07, 6.45) is 5.26. The minimum Gasteiger partial charge on any atom is -0.410 e. The highest BCUT2D eigenvalue weighted by Crippen LogP contribution is 2.49. The molecule has 3 aromatic carbocycles. The fourth-order valence-corrected chi connectivity index (χ4v) is 8.83. The van der Waals surface area contributed by atoms with Gasteiger partial charge in [-0.2, -0.15) is 0 Å². The molecule has 48 heavy (non-hydrogen) atoms. The maximum absolute atomic E-state index is 13.0. The Kier molecular flexibility index (Phi) is 9.34. The van der Waals surface area contributed by atoms with Crippen molar-refractivity contribution < 1.29 is 22.2 Å². The summed E-state index contributed by atoms with van der Waals surface area (Å²) in [7, 11) is -5.69. The molecular weight excluding hydrogens is 637 g/mol. The number of aryl methyl sites for hydroxylation is 2. The quantitative estimate of drug-likeness (QED) is 0.141. The number of benzene rings is 3. The zero-order valence-electron chi connectivity index (χ0n) is 29.0. The number of hydrogen-bond donors (Lipinski definition) is 1. The van der Waals surface area contributed by atoms with Gasteiger partial charge in [0.1, 0.15) is 0 Å². The van der Waals surface area contributed by atoms with Crippen molar-refractivity contribution in [1.29, 1.82) is 0 Å². The summed E-state index contributed by atoms with van der Waals surface area (Å²) in [6.45, 7) is 13.4. The van der Waals surface area contributed by atoms with Gasteiger partial charge in [-0.1, -0.05) is 105 Å². The minimum atomic E-state index is -3.57. The van der Waals surface area contributed by atoms with Crippen LogP contribution >= 0.6 is 0 Å². The highest BCUT2D eigenvalue weighted by Gasteiger charge is 2.53. The van der Waals surface area contributed by atoms with Gasteiger partial charge in [-0.25, -0.2) is 8.42 Å². The van der Waals surface area contributed by atoms with Crippen LogP contribution in [0, 0.1) is 6.92 Å². The first-order chi connectivity index (χ1) is 22.7. The van der Waals surface area contributed by atoms with Gasteiger partial charge in [-0.3, -0.25) is 9.52 Å². The molecule has 2 saturated carbocycles. The van der Waals surface area contributed by atoms with Crippen LogP contribution in [-0.4, -0.2) is 33.0 Å². The lowest BCUT2D eigenvalue weighted by Crippen LogP contribution is -2.42. The van der Waals surface area contributed by atoms with Gasteiger partial charge < -0.3 is 8.95 Å². The average molecular weight is 685 g/mol. The molecule has 1 amide bonds. The number of nitrogens with zero attached hydrogens (tertiary/aromatic N) is 1. The second-order valence-corrected chi connectivity index (χ2v) is 21.9. The van der Waals surface area contributed by atoms with Crippen molar-refractivity contribution in [3.8, 4) is 22.5 Å². The van der Waals surface area contributed by atoms with Crippen molar-refractivity contribution in [3.05, 3.63) is 101 Å². The molecule has 0 spiro atoms. The molecule has 1 unspecified atom stereocenters. The molecule has 4 aromatic rings. The fourth-order valence-electron chi connectivity index (χ4n) is 6.15. The number of carbonyl (C=O) groups excluding carboxylic acids is 1. The van der Waals surface area contributed by atoms with Crippen LogP contribution in [0.25, 0.3) is 22.5 Å². The van der Waals surface area contributed by atoms with E-state index in [9.17, 15) is 13.2 Å². The summed E-state index contributed by atoms with van der Waals surface area (Å²) in [5.74, 6) is 0.348. The lowest BCUT2D eigenvalue weighted by atomic mass is 9.92. The Labute approximate surface area is 286 Å². The van der Waals surface area contributed by atoms with E-state index in [1.807, 2.05) is 31.2 Å². The lowest BCUT2D eigenvalue weighted by molar-refractivity contribution is -0.121. The van der Waals surface area contributed by atoms with E-state index in [1.54, 1.807) is 0 Å². The number of amides is 1. The van der Waals surface area contributed by atoms with E-state index in [2.05, 4.69) is 98.3 Å². The predicted molar refractivity (Wildman–Crippen MR) is 194 cm³/mol. The first kappa shape index (κ1) is 34.3. The van der Waals surface area contributed by atoms with E-state index in [1.165, 1.54) is 5.56 Å². The van der Waals surface area contributed by atoms with Gasteiger partial charge >= 0.3 is 0 Å². The third kappa shape index (κ3) is 7.23. The van der Waals surface area contributed by atoms with Gasteiger partial charge in [0, 0.05) is 5.56 Å².